The highest BCUT2D eigenvalue weighted by Crippen LogP contribution is 2.13. The zero-order valence-electron chi connectivity index (χ0n) is 11.4. The van der Waals surface area contributed by atoms with Gasteiger partial charge in [0, 0.05) is 31.7 Å². The van der Waals surface area contributed by atoms with Gasteiger partial charge in [-0.3, -0.25) is 14.9 Å². The van der Waals surface area contributed by atoms with Crippen molar-refractivity contribution < 1.29 is 4.79 Å². The minimum atomic E-state index is -0.170. The van der Waals surface area contributed by atoms with Crippen molar-refractivity contribution in [2.24, 2.45) is 0 Å². The average Bonchev–Trinajstić information content (AvgIpc) is 3.20. The number of aromatic amines is 1. The lowest BCUT2D eigenvalue weighted by Crippen LogP contribution is -2.27. The first-order valence-corrected chi connectivity index (χ1v) is 6.69. The maximum absolute atomic E-state index is 12.0. The third-order valence-electron chi connectivity index (χ3n) is 3.07. The summed E-state index contributed by atoms with van der Waals surface area (Å²) in [6.07, 6.45) is 5.61. The third kappa shape index (κ3) is 3.17. The van der Waals surface area contributed by atoms with Crippen LogP contribution in [0.5, 0.6) is 0 Å². The van der Waals surface area contributed by atoms with Gasteiger partial charge in [-0.15, -0.1) is 0 Å². The van der Waals surface area contributed by atoms with Crippen LogP contribution in [0.15, 0.2) is 55.0 Å². The van der Waals surface area contributed by atoms with E-state index in [4.69, 9.17) is 0 Å². The van der Waals surface area contributed by atoms with Crippen LogP contribution in [0.3, 0.4) is 0 Å². The van der Waals surface area contributed by atoms with Crippen LogP contribution in [-0.4, -0.2) is 32.2 Å². The van der Waals surface area contributed by atoms with Crippen LogP contribution in [0.1, 0.15) is 10.5 Å². The first-order chi connectivity index (χ1) is 10.3. The Bertz CT molecular complexity index is 703. The number of nitrogens with zero attached hydrogens (tertiary/aromatic N) is 3. The lowest BCUT2D eigenvalue weighted by atomic mass is 10.2. The topological polar surface area (TPSA) is 75.6 Å². The number of carbonyl (C=O) groups excluding carboxylic acids is 1. The number of nitrogens with one attached hydrogen (secondary N) is 2. The fourth-order valence-electron chi connectivity index (χ4n) is 2.00. The van der Waals surface area contributed by atoms with Gasteiger partial charge in [0.25, 0.3) is 5.91 Å². The second-order valence-electron chi connectivity index (χ2n) is 4.56. The third-order valence-corrected chi connectivity index (χ3v) is 3.07. The number of H-pyrrole nitrogens is 1. The van der Waals surface area contributed by atoms with E-state index in [1.54, 1.807) is 12.3 Å². The van der Waals surface area contributed by atoms with Crippen molar-refractivity contribution in [1.29, 1.82) is 0 Å². The zero-order chi connectivity index (χ0) is 14.5. The van der Waals surface area contributed by atoms with Gasteiger partial charge >= 0.3 is 0 Å². The number of rotatable bonds is 5. The molecule has 0 bridgehead atoms. The molecule has 21 heavy (non-hydrogen) atoms. The molecule has 3 rings (SSSR count). The van der Waals surface area contributed by atoms with Crippen LogP contribution in [-0.2, 0) is 6.54 Å². The highest BCUT2D eigenvalue weighted by molar-refractivity contribution is 5.93. The Kier molecular flexibility index (Phi) is 3.77. The Labute approximate surface area is 121 Å². The van der Waals surface area contributed by atoms with Crippen LogP contribution in [0, 0.1) is 0 Å². The van der Waals surface area contributed by atoms with E-state index in [1.807, 2.05) is 47.3 Å². The van der Waals surface area contributed by atoms with Gasteiger partial charge in [0.2, 0.25) is 0 Å². The molecule has 3 aromatic rings. The van der Waals surface area contributed by atoms with E-state index in [9.17, 15) is 4.79 Å². The largest absolute Gasteiger partial charge is 0.353 e. The van der Waals surface area contributed by atoms with Gasteiger partial charge < -0.3 is 9.88 Å². The second kappa shape index (κ2) is 6.04. The van der Waals surface area contributed by atoms with Crippen molar-refractivity contribution in [3.8, 4) is 11.4 Å². The van der Waals surface area contributed by atoms with Gasteiger partial charge in [-0.25, -0.2) is 0 Å². The molecule has 0 fully saturated rings. The molecule has 1 amide bonds. The number of hydrogen-bond acceptors (Lipinski definition) is 3. The molecule has 6 nitrogen and oxygen atoms in total. The zero-order valence-corrected chi connectivity index (χ0v) is 11.4. The maximum atomic E-state index is 12.0. The van der Waals surface area contributed by atoms with Crippen molar-refractivity contribution in [2.75, 3.05) is 6.54 Å². The molecule has 3 aromatic heterocycles. The average molecular weight is 281 g/mol. The van der Waals surface area contributed by atoms with Crippen molar-refractivity contribution in [2.45, 2.75) is 6.54 Å². The number of pyridine rings is 1. The van der Waals surface area contributed by atoms with Crippen LogP contribution in [0.4, 0.5) is 0 Å². The van der Waals surface area contributed by atoms with Crippen LogP contribution < -0.4 is 5.32 Å². The Morgan fingerprint density at radius 1 is 1.19 bits per heavy atom. The smallest absolute Gasteiger partial charge is 0.269 e. The van der Waals surface area contributed by atoms with Crippen molar-refractivity contribution in [1.82, 2.24) is 25.1 Å². The van der Waals surface area contributed by atoms with Gasteiger partial charge in [-0.05, 0) is 30.3 Å². The number of hydrogen-bond donors (Lipinski definition) is 2. The molecule has 3 heterocycles. The quantitative estimate of drug-likeness (QED) is 0.747. The highest BCUT2D eigenvalue weighted by Gasteiger charge is 2.10. The van der Waals surface area contributed by atoms with Gasteiger partial charge in [-0.1, -0.05) is 6.07 Å². The first-order valence-electron chi connectivity index (χ1n) is 6.69. The normalized spacial score (nSPS) is 10.5. The summed E-state index contributed by atoms with van der Waals surface area (Å²) in [7, 11) is 0. The molecule has 0 atom stereocenters. The van der Waals surface area contributed by atoms with Crippen LogP contribution >= 0.6 is 0 Å². The van der Waals surface area contributed by atoms with E-state index in [1.165, 1.54) is 0 Å². The summed E-state index contributed by atoms with van der Waals surface area (Å²) in [5.74, 6) is -0.170. The van der Waals surface area contributed by atoms with Crippen LogP contribution in [0.25, 0.3) is 11.4 Å². The molecule has 0 unspecified atom stereocenters. The highest BCUT2D eigenvalue weighted by atomic mass is 16.1. The van der Waals surface area contributed by atoms with E-state index in [0.29, 0.717) is 17.9 Å². The minimum Gasteiger partial charge on any atom is -0.353 e. The van der Waals surface area contributed by atoms with E-state index >= 15 is 0 Å². The fraction of sp³-hybridized carbons (Fsp3) is 0.133. The number of aromatic nitrogens is 4. The molecule has 2 N–H and O–H groups in total. The molecule has 0 saturated carbocycles. The van der Waals surface area contributed by atoms with E-state index in [2.05, 4.69) is 20.5 Å². The van der Waals surface area contributed by atoms with Gasteiger partial charge in [0.05, 0.1) is 5.69 Å². The van der Waals surface area contributed by atoms with Crippen molar-refractivity contribution in [3.05, 3.63) is 60.7 Å². The van der Waals surface area contributed by atoms with Crippen molar-refractivity contribution in [3.63, 3.8) is 0 Å². The minimum absolute atomic E-state index is 0.170. The Morgan fingerprint density at radius 2 is 2.05 bits per heavy atom. The molecule has 106 valence electrons. The molecule has 0 aliphatic rings. The Morgan fingerprint density at radius 3 is 2.81 bits per heavy atom. The lowest BCUT2D eigenvalue weighted by molar-refractivity contribution is 0.0947. The summed E-state index contributed by atoms with van der Waals surface area (Å²) >= 11 is 0. The molecule has 0 aliphatic heterocycles. The summed E-state index contributed by atoms with van der Waals surface area (Å²) in [6.45, 7) is 1.30. The molecule has 0 saturated heterocycles. The molecular formula is C15H15N5O. The predicted molar refractivity (Wildman–Crippen MR) is 78.6 cm³/mol. The predicted octanol–water partition coefficient (Wildman–Crippen LogP) is 1.70. The molecule has 0 radical (unpaired) electrons. The van der Waals surface area contributed by atoms with Gasteiger partial charge in [0.1, 0.15) is 11.4 Å². The summed E-state index contributed by atoms with van der Waals surface area (Å²) in [6, 6.07) is 11.2. The number of amides is 1. The molecule has 0 aliphatic carbocycles. The Balaban J connectivity index is 1.59. The SMILES string of the molecule is O=C(NCCn1cccc1)c1cc(-c2ccccn2)n[nH]1. The standard InChI is InChI=1S/C15H15N5O/c21-15(17-7-10-20-8-3-4-9-20)14-11-13(18-19-14)12-5-1-2-6-16-12/h1-6,8-9,11H,7,10H2,(H,17,21)(H,18,19). The second-order valence-corrected chi connectivity index (χ2v) is 4.56. The molecular weight excluding hydrogens is 266 g/mol. The van der Waals surface area contributed by atoms with E-state index in [0.717, 1.165) is 12.2 Å². The summed E-state index contributed by atoms with van der Waals surface area (Å²) in [5.41, 5.74) is 1.83. The first kappa shape index (κ1) is 13.1. The molecule has 0 aromatic carbocycles. The van der Waals surface area contributed by atoms with E-state index < -0.39 is 0 Å². The van der Waals surface area contributed by atoms with E-state index in [-0.39, 0.29) is 5.91 Å². The van der Waals surface area contributed by atoms with Crippen LogP contribution in [0.2, 0.25) is 0 Å². The monoisotopic (exact) mass is 281 g/mol. The lowest BCUT2D eigenvalue weighted by Gasteiger charge is -2.04. The molecule has 6 heteroatoms. The number of carbonyl (C=O) groups is 1. The maximum Gasteiger partial charge on any atom is 0.269 e. The van der Waals surface area contributed by atoms with Gasteiger partial charge in [0.15, 0.2) is 0 Å². The summed E-state index contributed by atoms with van der Waals surface area (Å²) < 4.78 is 2.01. The molecule has 0 spiro atoms. The summed E-state index contributed by atoms with van der Waals surface area (Å²) in [5, 5.41) is 9.70. The van der Waals surface area contributed by atoms with Crippen molar-refractivity contribution >= 4 is 5.91 Å². The fourth-order valence-corrected chi connectivity index (χ4v) is 2.00. The Hall–Kier alpha value is -2.89. The van der Waals surface area contributed by atoms with Gasteiger partial charge in [-0.2, -0.15) is 5.10 Å². The summed E-state index contributed by atoms with van der Waals surface area (Å²) in [4.78, 5) is 16.2.